The average Bonchev–Trinajstić information content (AvgIpc) is 3.08. The summed E-state index contributed by atoms with van der Waals surface area (Å²) in [6.45, 7) is 3.04. The van der Waals surface area contributed by atoms with Crippen LogP contribution in [-0.2, 0) is 27.1 Å². The van der Waals surface area contributed by atoms with Crippen molar-refractivity contribution in [3.8, 4) is 11.5 Å². The lowest BCUT2D eigenvalue weighted by molar-refractivity contribution is 0.354. The number of nitrogens with one attached hydrogen (secondary N) is 1. The van der Waals surface area contributed by atoms with E-state index in [1.54, 1.807) is 32.9 Å². The Morgan fingerprint density at radius 2 is 1.80 bits per heavy atom. The Hall–Kier alpha value is -3.23. The normalized spacial score (nSPS) is 11.1. The molecule has 0 aliphatic carbocycles. The fraction of sp³-hybridized carbons (Fsp3) is 0.476. The number of hydrogen-bond acceptors (Lipinski definition) is 6. The van der Waals surface area contributed by atoms with E-state index in [4.69, 9.17) is 9.47 Å². The van der Waals surface area contributed by atoms with Gasteiger partial charge in [-0.2, -0.15) is 4.98 Å². The van der Waals surface area contributed by atoms with E-state index in [0.717, 1.165) is 24.8 Å². The van der Waals surface area contributed by atoms with Crippen LogP contribution in [-0.4, -0.2) is 39.4 Å². The molecule has 2 heterocycles. The summed E-state index contributed by atoms with van der Waals surface area (Å²) in [6.07, 6.45) is 2.40. The number of aromatic nitrogens is 4. The minimum atomic E-state index is -0.337. The third-order valence-corrected chi connectivity index (χ3v) is 5.24. The highest BCUT2D eigenvalue weighted by Crippen LogP contribution is 2.27. The van der Waals surface area contributed by atoms with Gasteiger partial charge < -0.3 is 19.4 Å². The van der Waals surface area contributed by atoms with E-state index < -0.39 is 0 Å². The zero-order valence-corrected chi connectivity index (χ0v) is 18.2. The van der Waals surface area contributed by atoms with Crippen LogP contribution in [0, 0.1) is 0 Å². The Morgan fingerprint density at radius 3 is 2.47 bits per heavy atom. The van der Waals surface area contributed by atoms with Crippen LogP contribution in [0.15, 0.2) is 27.8 Å². The molecular formula is C21H29N5O4. The Balaban J connectivity index is 1.85. The van der Waals surface area contributed by atoms with E-state index in [1.165, 1.54) is 9.13 Å². The third kappa shape index (κ3) is 3.92. The van der Waals surface area contributed by atoms with Crippen LogP contribution in [0.1, 0.15) is 25.3 Å². The molecule has 0 saturated carbocycles. The van der Waals surface area contributed by atoms with Gasteiger partial charge in [-0.25, -0.2) is 4.79 Å². The topological polar surface area (TPSA) is 92.3 Å². The van der Waals surface area contributed by atoms with E-state index in [1.807, 2.05) is 25.1 Å². The predicted octanol–water partition coefficient (Wildman–Crippen LogP) is 1.91. The molecule has 3 aromatic rings. The van der Waals surface area contributed by atoms with Crippen LogP contribution in [0.3, 0.4) is 0 Å². The molecule has 0 amide bonds. The molecule has 0 atom stereocenters. The lowest BCUT2D eigenvalue weighted by atomic mass is 10.1. The van der Waals surface area contributed by atoms with Crippen LogP contribution >= 0.6 is 0 Å². The molecule has 0 spiro atoms. The molecule has 9 heteroatoms. The number of fused-ring (bicyclic) bond motifs is 1. The van der Waals surface area contributed by atoms with Gasteiger partial charge in [-0.05, 0) is 30.5 Å². The van der Waals surface area contributed by atoms with Crippen molar-refractivity contribution in [3.05, 3.63) is 44.6 Å². The SMILES string of the molecule is CCCCn1c(=O)c2c(nc(NCCc3ccc(OC)c(OC)c3)n2C)n(C)c1=O. The van der Waals surface area contributed by atoms with E-state index in [-0.39, 0.29) is 11.2 Å². The number of anilines is 1. The number of hydrogen-bond donors (Lipinski definition) is 1. The molecule has 2 aromatic heterocycles. The first-order chi connectivity index (χ1) is 14.4. The van der Waals surface area contributed by atoms with E-state index in [9.17, 15) is 9.59 Å². The molecule has 3 rings (SSSR count). The van der Waals surface area contributed by atoms with Crippen molar-refractivity contribution in [3.63, 3.8) is 0 Å². The fourth-order valence-corrected chi connectivity index (χ4v) is 3.47. The van der Waals surface area contributed by atoms with Crippen molar-refractivity contribution in [1.29, 1.82) is 0 Å². The molecular weight excluding hydrogens is 386 g/mol. The van der Waals surface area contributed by atoms with Crippen molar-refractivity contribution in [2.45, 2.75) is 32.7 Å². The van der Waals surface area contributed by atoms with E-state index in [0.29, 0.717) is 41.7 Å². The summed E-state index contributed by atoms with van der Waals surface area (Å²) >= 11 is 0. The number of benzene rings is 1. The van der Waals surface area contributed by atoms with Gasteiger partial charge in [0.1, 0.15) is 0 Å². The highest BCUT2D eigenvalue weighted by Gasteiger charge is 2.18. The monoisotopic (exact) mass is 415 g/mol. The Kier molecular flexibility index (Phi) is 6.49. The van der Waals surface area contributed by atoms with Gasteiger partial charge in [-0.3, -0.25) is 13.9 Å². The van der Waals surface area contributed by atoms with Gasteiger partial charge in [0, 0.05) is 27.2 Å². The van der Waals surface area contributed by atoms with Gasteiger partial charge in [0.2, 0.25) is 5.95 Å². The number of unbranched alkanes of at least 4 members (excludes halogenated alkanes) is 1. The summed E-state index contributed by atoms with van der Waals surface area (Å²) in [5, 5.41) is 3.27. The molecule has 1 N–H and O–H groups in total. The van der Waals surface area contributed by atoms with Gasteiger partial charge in [-0.1, -0.05) is 19.4 Å². The standard InChI is InChI=1S/C21H29N5O4/c1-6-7-12-26-19(27)17-18(25(3)21(26)28)23-20(24(17)2)22-11-10-14-8-9-15(29-4)16(13-14)30-5/h8-9,13H,6-7,10-12H2,1-5H3,(H,22,23). The molecule has 9 nitrogen and oxygen atoms in total. The average molecular weight is 415 g/mol. The molecule has 0 radical (unpaired) electrons. The van der Waals surface area contributed by atoms with Crippen LogP contribution in [0.5, 0.6) is 11.5 Å². The van der Waals surface area contributed by atoms with E-state index >= 15 is 0 Å². The fourth-order valence-electron chi connectivity index (χ4n) is 3.47. The maximum atomic E-state index is 12.9. The third-order valence-electron chi connectivity index (χ3n) is 5.24. The highest BCUT2D eigenvalue weighted by molar-refractivity contribution is 5.74. The molecule has 0 aliphatic rings. The van der Waals surface area contributed by atoms with Gasteiger partial charge in [0.15, 0.2) is 22.7 Å². The van der Waals surface area contributed by atoms with Crippen molar-refractivity contribution >= 4 is 17.1 Å². The Labute approximate surface area is 174 Å². The van der Waals surface area contributed by atoms with Crippen molar-refractivity contribution in [1.82, 2.24) is 18.7 Å². The summed E-state index contributed by atoms with van der Waals surface area (Å²) in [7, 11) is 6.64. The second-order valence-electron chi connectivity index (χ2n) is 7.18. The highest BCUT2D eigenvalue weighted by atomic mass is 16.5. The molecule has 0 aliphatic heterocycles. The van der Waals surface area contributed by atoms with Crippen LogP contribution in [0.25, 0.3) is 11.2 Å². The second kappa shape index (κ2) is 9.06. The molecule has 0 saturated heterocycles. The lowest BCUT2D eigenvalue weighted by Crippen LogP contribution is -2.39. The maximum absolute atomic E-state index is 12.9. The number of ether oxygens (including phenoxy) is 2. The first kappa shape index (κ1) is 21.5. The molecule has 162 valence electrons. The van der Waals surface area contributed by atoms with E-state index in [2.05, 4.69) is 10.3 Å². The minimum absolute atomic E-state index is 0.301. The molecule has 0 unspecified atom stereocenters. The molecule has 0 fully saturated rings. The first-order valence-electron chi connectivity index (χ1n) is 10.0. The zero-order valence-electron chi connectivity index (χ0n) is 18.2. The smallest absolute Gasteiger partial charge is 0.332 e. The maximum Gasteiger partial charge on any atom is 0.332 e. The first-order valence-corrected chi connectivity index (χ1v) is 10.0. The Morgan fingerprint density at radius 1 is 1.07 bits per heavy atom. The molecule has 0 bridgehead atoms. The van der Waals surface area contributed by atoms with Crippen molar-refractivity contribution in [2.75, 3.05) is 26.1 Å². The van der Waals surface area contributed by atoms with Gasteiger partial charge >= 0.3 is 5.69 Å². The zero-order chi connectivity index (χ0) is 21.8. The summed E-state index contributed by atoms with van der Waals surface area (Å²) in [4.78, 5) is 30.0. The number of methoxy groups -OCH3 is 2. The predicted molar refractivity (Wildman–Crippen MR) is 117 cm³/mol. The Bertz CT molecular complexity index is 1160. The summed E-state index contributed by atoms with van der Waals surface area (Å²) in [5.41, 5.74) is 1.24. The second-order valence-corrected chi connectivity index (χ2v) is 7.18. The summed E-state index contributed by atoms with van der Waals surface area (Å²) in [6, 6.07) is 5.79. The molecule has 1 aromatic carbocycles. The summed E-state index contributed by atoms with van der Waals surface area (Å²) < 4.78 is 15.1. The number of rotatable bonds is 9. The van der Waals surface area contributed by atoms with Gasteiger partial charge in [0.05, 0.1) is 14.2 Å². The number of aryl methyl sites for hydroxylation is 2. The summed E-state index contributed by atoms with van der Waals surface area (Å²) in [5.74, 6) is 1.91. The van der Waals surface area contributed by atoms with Gasteiger partial charge in [0.25, 0.3) is 5.56 Å². The minimum Gasteiger partial charge on any atom is -0.493 e. The van der Waals surface area contributed by atoms with Crippen molar-refractivity contribution in [2.24, 2.45) is 14.1 Å². The lowest BCUT2D eigenvalue weighted by Gasteiger charge is -2.10. The quantitative estimate of drug-likeness (QED) is 0.574. The van der Waals surface area contributed by atoms with Gasteiger partial charge in [-0.15, -0.1) is 0 Å². The number of imidazole rings is 1. The number of nitrogens with zero attached hydrogens (tertiary/aromatic N) is 4. The van der Waals surface area contributed by atoms with Crippen LogP contribution < -0.4 is 26.0 Å². The molecule has 30 heavy (non-hydrogen) atoms. The largest absolute Gasteiger partial charge is 0.493 e. The van der Waals surface area contributed by atoms with Crippen molar-refractivity contribution < 1.29 is 9.47 Å². The van der Waals surface area contributed by atoms with Crippen LogP contribution in [0.4, 0.5) is 5.95 Å². The van der Waals surface area contributed by atoms with Crippen LogP contribution in [0.2, 0.25) is 0 Å².